The molecule has 6 nitrogen and oxygen atoms in total. The van der Waals surface area contributed by atoms with E-state index in [0.717, 1.165) is 11.5 Å². The number of hydrogen-bond donors (Lipinski definition) is 2. The minimum absolute atomic E-state index is 0.0796. The van der Waals surface area contributed by atoms with Crippen molar-refractivity contribution in [3.63, 3.8) is 0 Å². The van der Waals surface area contributed by atoms with Gasteiger partial charge in [-0.15, -0.1) is 0 Å². The minimum atomic E-state index is -1.08. The van der Waals surface area contributed by atoms with Crippen LogP contribution in [0.4, 0.5) is 4.79 Å². The second-order valence-electron chi connectivity index (χ2n) is 6.46. The number of carboxylic acids is 1. The Labute approximate surface area is 130 Å². The maximum atomic E-state index is 11.7. The number of aryl methyl sites for hydroxylation is 1. The molecule has 1 rings (SSSR count). The van der Waals surface area contributed by atoms with E-state index in [1.165, 1.54) is 0 Å². The van der Waals surface area contributed by atoms with Crippen molar-refractivity contribution in [2.75, 3.05) is 0 Å². The van der Waals surface area contributed by atoms with Gasteiger partial charge in [0.1, 0.15) is 23.2 Å². The number of hydrogen-bond acceptors (Lipinski definition) is 4. The van der Waals surface area contributed by atoms with Gasteiger partial charge in [0.05, 0.1) is 0 Å². The van der Waals surface area contributed by atoms with Gasteiger partial charge in [0.2, 0.25) is 0 Å². The molecule has 0 bridgehead atoms. The molecule has 2 unspecified atom stereocenters. The van der Waals surface area contributed by atoms with Gasteiger partial charge in [-0.25, -0.2) is 9.59 Å². The van der Waals surface area contributed by atoms with Gasteiger partial charge in [0.25, 0.3) is 0 Å². The Bertz CT molecular complexity index is 515. The van der Waals surface area contributed by atoms with Crippen molar-refractivity contribution in [2.45, 2.75) is 65.0 Å². The highest BCUT2D eigenvalue weighted by Crippen LogP contribution is 2.23. The molecule has 1 amide bonds. The summed E-state index contributed by atoms with van der Waals surface area (Å²) in [4.78, 5) is 22.9. The van der Waals surface area contributed by atoms with Crippen molar-refractivity contribution in [1.82, 2.24) is 5.32 Å². The monoisotopic (exact) mass is 311 g/mol. The van der Waals surface area contributed by atoms with Crippen LogP contribution in [0.3, 0.4) is 0 Å². The van der Waals surface area contributed by atoms with E-state index < -0.39 is 23.7 Å². The molecule has 1 heterocycles. The molecule has 1 aromatic heterocycles. The Morgan fingerprint density at radius 2 is 1.95 bits per heavy atom. The first-order valence-electron chi connectivity index (χ1n) is 7.37. The Kier molecular flexibility index (Phi) is 6.02. The molecule has 0 aliphatic rings. The highest BCUT2D eigenvalue weighted by atomic mass is 16.6. The fourth-order valence-corrected chi connectivity index (χ4v) is 1.98. The summed E-state index contributed by atoms with van der Waals surface area (Å²) in [6.45, 7) is 9.00. The van der Waals surface area contributed by atoms with E-state index in [0.29, 0.717) is 12.8 Å². The van der Waals surface area contributed by atoms with Gasteiger partial charge in [0.15, 0.2) is 0 Å². The summed E-state index contributed by atoms with van der Waals surface area (Å²) < 4.78 is 10.6. The third kappa shape index (κ3) is 6.20. The number of nitrogens with one attached hydrogen (secondary N) is 1. The molecular weight excluding hydrogens is 286 g/mol. The first-order valence-corrected chi connectivity index (χ1v) is 7.37. The second kappa shape index (κ2) is 7.33. The van der Waals surface area contributed by atoms with Crippen LogP contribution < -0.4 is 5.32 Å². The second-order valence-corrected chi connectivity index (χ2v) is 6.46. The molecule has 1 aromatic rings. The summed E-state index contributed by atoms with van der Waals surface area (Å²) in [5, 5.41) is 11.6. The van der Waals surface area contributed by atoms with E-state index in [2.05, 4.69) is 5.32 Å². The number of alkyl carbamates (subject to hydrolysis) is 1. The number of aliphatic carboxylic acids is 1. The first-order chi connectivity index (χ1) is 10.1. The lowest BCUT2D eigenvalue weighted by atomic mass is 9.99. The number of ether oxygens (including phenoxy) is 1. The molecule has 0 saturated heterocycles. The van der Waals surface area contributed by atoms with E-state index in [1.807, 2.05) is 26.0 Å². The number of carbonyl (C=O) groups excluding carboxylic acids is 1. The van der Waals surface area contributed by atoms with E-state index in [9.17, 15) is 14.7 Å². The summed E-state index contributed by atoms with van der Waals surface area (Å²) in [5.41, 5.74) is -0.661. The number of amides is 1. The van der Waals surface area contributed by atoms with Crippen molar-refractivity contribution in [3.05, 3.63) is 23.7 Å². The van der Waals surface area contributed by atoms with Crippen LogP contribution >= 0.6 is 0 Å². The molecule has 124 valence electrons. The summed E-state index contributed by atoms with van der Waals surface area (Å²) in [6.07, 6.45) is 0.163. The van der Waals surface area contributed by atoms with E-state index in [4.69, 9.17) is 9.15 Å². The highest BCUT2D eigenvalue weighted by molar-refractivity contribution is 5.79. The number of carbonyl (C=O) groups is 2. The third-order valence-corrected chi connectivity index (χ3v) is 3.12. The van der Waals surface area contributed by atoms with Crippen molar-refractivity contribution < 1.29 is 23.8 Å². The average molecular weight is 311 g/mol. The molecule has 0 saturated carbocycles. The Morgan fingerprint density at radius 3 is 2.41 bits per heavy atom. The zero-order chi connectivity index (χ0) is 16.9. The first kappa shape index (κ1) is 18.1. The van der Waals surface area contributed by atoms with Crippen LogP contribution in [0.25, 0.3) is 0 Å². The third-order valence-electron chi connectivity index (χ3n) is 3.12. The van der Waals surface area contributed by atoms with Crippen LogP contribution in [0.2, 0.25) is 0 Å². The number of rotatable bonds is 6. The van der Waals surface area contributed by atoms with Crippen molar-refractivity contribution in [2.24, 2.45) is 0 Å². The topological polar surface area (TPSA) is 88.8 Å². The van der Waals surface area contributed by atoms with Crippen LogP contribution in [0.15, 0.2) is 16.5 Å². The Hall–Kier alpha value is -1.98. The van der Waals surface area contributed by atoms with Crippen molar-refractivity contribution >= 4 is 12.1 Å². The summed E-state index contributed by atoms with van der Waals surface area (Å²) in [7, 11) is 0. The Balaban J connectivity index is 2.54. The smallest absolute Gasteiger partial charge is 0.408 e. The summed E-state index contributed by atoms with van der Waals surface area (Å²) >= 11 is 0. The van der Waals surface area contributed by atoms with E-state index >= 15 is 0 Å². The van der Waals surface area contributed by atoms with Crippen LogP contribution in [-0.2, 0) is 9.53 Å². The predicted octanol–water partition coefficient (Wildman–Crippen LogP) is 3.45. The van der Waals surface area contributed by atoms with Crippen LogP contribution in [0.1, 0.15) is 58.0 Å². The zero-order valence-corrected chi connectivity index (χ0v) is 13.8. The summed E-state index contributed by atoms with van der Waals surface area (Å²) in [6, 6.07) is 2.78. The van der Waals surface area contributed by atoms with Crippen molar-refractivity contribution in [1.29, 1.82) is 0 Å². The van der Waals surface area contributed by atoms with Gasteiger partial charge >= 0.3 is 12.1 Å². The average Bonchev–Trinajstić information content (AvgIpc) is 2.78. The quantitative estimate of drug-likeness (QED) is 0.840. The standard InChI is InChI=1S/C16H25NO5/c1-10(13-9-7-11(2)21-13)6-8-12(14(18)19)17-15(20)22-16(3,4)5/h7,9-10,12H,6,8H2,1-5H3,(H,17,20)(H,18,19). The molecular formula is C16H25NO5. The molecule has 0 aliphatic heterocycles. The molecule has 0 spiro atoms. The van der Waals surface area contributed by atoms with Gasteiger partial charge in [-0.05, 0) is 52.7 Å². The highest BCUT2D eigenvalue weighted by Gasteiger charge is 2.24. The predicted molar refractivity (Wildman–Crippen MR) is 81.9 cm³/mol. The molecule has 6 heteroatoms. The fourth-order valence-electron chi connectivity index (χ4n) is 1.98. The SMILES string of the molecule is Cc1ccc(C(C)CCC(NC(=O)OC(C)(C)C)C(=O)O)o1. The maximum absolute atomic E-state index is 11.7. The van der Waals surface area contributed by atoms with Gasteiger partial charge in [-0.2, -0.15) is 0 Å². The summed E-state index contributed by atoms with van der Waals surface area (Å²) in [5.74, 6) is 0.645. The lowest BCUT2D eigenvalue weighted by Gasteiger charge is -2.22. The normalized spacial score (nSPS) is 14.2. The minimum Gasteiger partial charge on any atom is -0.480 e. The van der Waals surface area contributed by atoms with E-state index in [1.54, 1.807) is 20.8 Å². The molecule has 0 aliphatic carbocycles. The van der Waals surface area contributed by atoms with E-state index in [-0.39, 0.29) is 5.92 Å². The fraction of sp³-hybridized carbons (Fsp3) is 0.625. The van der Waals surface area contributed by atoms with Crippen LogP contribution in [0.5, 0.6) is 0 Å². The Morgan fingerprint density at radius 1 is 1.32 bits per heavy atom. The number of carboxylic acid groups (broad SMARTS) is 1. The van der Waals surface area contributed by atoms with Crippen molar-refractivity contribution in [3.8, 4) is 0 Å². The van der Waals surface area contributed by atoms with Gasteiger partial charge in [-0.1, -0.05) is 6.92 Å². The number of furan rings is 1. The molecule has 0 radical (unpaired) electrons. The molecule has 2 atom stereocenters. The zero-order valence-electron chi connectivity index (χ0n) is 13.8. The van der Waals surface area contributed by atoms with Gasteiger partial charge in [0, 0.05) is 5.92 Å². The maximum Gasteiger partial charge on any atom is 0.408 e. The van der Waals surface area contributed by atoms with Crippen LogP contribution in [-0.4, -0.2) is 28.8 Å². The molecule has 0 fully saturated rings. The molecule has 22 heavy (non-hydrogen) atoms. The lowest BCUT2D eigenvalue weighted by Crippen LogP contribution is -2.43. The largest absolute Gasteiger partial charge is 0.480 e. The van der Waals surface area contributed by atoms with Crippen LogP contribution in [0, 0.1) is 6.92 Å². The van der Waals surface area contributed by atoms with Gasteiger partial charge in [-0.3, -0.25) is 0 Å². The van der Waals surface area contributed by atoms with Gasteiger partial charge < -0.3 is 19.6 Å². The molecule has 0 aromatic carbocycles. The lowest BCUT2D eigenvalue weighted by molar-refractivity contribution is -0.139. The molecule has 2 N–H and O–H groups in total.